The first-order chi connectivity index (χ1) is 14.5. The van der Waals surface area contributed by atoms with Crippen LogP contribution in [0.15, 0.2) is 73.4 Å². The van der Waals surface area contributed by atoms with E-state index in [1.54, 1.807) is 31.2 Å². The van der Waals surface area contributed by atoms with Gasteiger partial charge in [-0.1, -0.05) is 29.8 Å². The Bertz CT molecular complexity index is 1470. The molecule has 4 aromatic rings. The van der Waals surface area contributed by atoms with Crippen molar-refractivity contribution < 1.29 is 25.7 Å². The average molecular weight is 481 g/mol. The van der Waals surface area contributed by atoms with Gasteiger partial charge in [0.1, 0.15) is 22.0 Å². The van der Waals surface area contributed by atoms with Crippen LogP contribution in [0, 0.1) is 13.8 Å². The van der Waals surface area contributed by atoms with Crippen molar-refractivity contribution in [2.75, 3.05) is 9.44 Å². The van der Waals surface area contributed by atoms with E-state index in [1.165, 1.54) is 37.3 Å². The number of rotatable bonds is 6. The third-order valence-corrected chi connectivity index (χ3v) is 7.35. The maximum absolute atomic E-state index is 12.9. The maximum Gasteiger partial charge on any atom is 0.295 e. The van der Waals surface area contributed by atoms with Crippen molar-refractivity contribution in [3.05, 3.63) is 71.1 Å². The lowest BCUT2D eigenvalue weighted by Gasteiger charge is -2.14. The lowest BCUT2D eigenvalue weighted by Crippen LogP contribution is -2.17. The number of hydrogen-bond donors (Lipinski definition) is 2. The SMILES string of the molecule is Cc1cc(S(=O)(=O)Nc2ccc(Cl)cc2NS(=O)(=O)c2cc3ccccc3o2)c(C)o1. The van der Waals surface area contributed by atoms with Crippen molar-refractivity contribution in [1.29, 1.82) is 0 Å². The molecule has 11 heteroatoms. The Balaban J connectivity index is 1.71. The second-order valence-electron chi connectivity index (χ2n) is 6.78. The second kappa shape index (κ2) is 7.63. The number of furan rings is 2. The number of nitrogens with one attached hydrogen (secondary N) is 2. The zero-order chi connectivity index (χ0) is 22.4. The van der Waals surface area contributed by atoms with E-state index in [1.807, 2.05) is 0 Å². The van der Waals surface area contributed by atoms with Crippen molar-refractivity contribution in [2.45, 2.75) is 23.8 Å². The predicted octanol–water partition coefficient (Wildman–Crippen LogP) is 4.90. The summed E-state index contributed by atoms with van der Waals surface area (Å²) in [6, 6.07) is 13.7. The quantitative estimate of drug-likeness (QED) is 0.405. The molecule has 0 spiro atoms. The molecule has 2 heterocycles. The molecule has 0 atom stereocenters. The Hall–Kier alpha value is -2.95. The van der Waals surface area contributed by atoms with Crippen LogP contribution in [-0.4, -0.2) is 16.8 Å². The van der Waals surface area contributed by atoms with Gasteiger partial charge in [-0.05, 0) is 38.1 Å². The Morgan fingerprint density at radius 1 is 0.806 bits per heavy atom. The number of sulfonamides is 2. The smallest absolute Gasteiger partial charge is 0.295 e. The van der Waals surface area contributed by atoms with Gasteiger partial charge < -0.3 is 8.83 Å². The van der Waals surface area contributed by atoms with Crippen LogP contribution in [0.2, 0.25) is 5.02 Å². The summed E-state index contributed by atoms with van der Waals surface area (Å²) in [4.78, 5) is -0.0500. The van der Waals surface area contributed by atoms with Crippen LogP contribution in [0.3, 0.4) is 0 Å². The molecule has 4 rings (SSSR count). The first-order valence-electron chi connectivity index (χ1n) is 8.96. The van der Waals surface area contributed by atoms with Crippen LogP contribution in [-0.2, 0) is 20.0 Å². The van der Waals surface area contributed by atoms with E-state index in [2.05, 4.69) is 9.44 Å². The molecular formula is C20H17ClN2O6S2. The fourth-order valence-electron chi connectivity index (χ4n) is 3.05. The van der Waals surface area contributed by atoms with Crippen molar-refractivity contribution in [3.8, 4) is 0 Å². The van der Waals surface area contributed by atoms with Crippen molar-refractivity contribution in [1.82, 2.24) is 0 Å². The van der Waals surface area contributed by atoms with Crippen LogP contribution in [0.5, 0.6) is 0 Å². The number of fused-ring (bicyclic) bond motifs is 1. The molecule has 0 aliphatic rings. The lowest BCUT2D eigenvalue weighted by molar-refractivity contribution is 0.484. The summed E-state index contributed by atoms with van der Waals surface area (Å²) in [7, 11) is -8.21. The minimum atomic E-state index is -4.17. The van der Waals surface area contributed by atoms with Gasteiger partial charge in [-0.3, -0.25) is 9.44 Å². The molecule has 2 aromatic heterocycles. The summed E-state index contributed by atoms with van der Waals surface area (Å²) in [5, 5.41) is 0.505. The molecule has 0 saturated carbocycles. The van der Waals surface area contributed by atoms with Crippen molar-refractivity contribution >= 4 is 54.0 Å². The Kier molecular flexibility index (Phi) is 5.24. The van der Waals surface area contributed by atoms with Gasteiger partial charge in [0, 0.05) is 22.5 Å². The van der Waals surface area contributed by atoms with Gasteiger partial charge in [-0.25, -0.2) is 8.42 Å². The zero-order valence-electron chi connectivity index (χ0n) is 16.3. The summed E-state index contributed by atoms with van der Waals surface area (Å²) >= 11 is 6.02. The van der Waals surface area contributed by atoms with E-state index in [0.29, 0.717) is 16.7 Å². The summed E-state index contributed by atoms with van der Waals surface area (Å²) in [5.74, 6) is 0.642. The highest BCUT2D eigenvalue weighted by molar-refractivity contribution is 7.93. The topological polar surface area (TPSA) is 119 Å². The first kappa shape index (κ1) is 21.3. The van der Waals surface area contributed by atoms with E-state index in [0.717, 1.165) is 0 Å². The molecule has 0 unspecified atom stereocenters. The molecule has 0 radical (unpaired) electrons. The maximum atomic E-state index is 12.9. The minimum absolute atomic E-state index is 0.0117. The highest BCUT2D eigenvalue weighted by Crippen LogP contribution is 2.32. The molecule has 2 N–H and O–H groups in total. The van der Waals surface area contributed by atoms with Crippen molar-refractivity contribution in [2.24, 2.45) is 0 Å². The Labute approximate surface area is 183 Å². The molecular weight excluding hydrogens is 464 g/mol. The fraction of sp³-hybridized carbons (Fsp3) is 0.100. The highest BCUT2D eigenvalue weighted by Gasteiger charge is 2.25. The largest absolute Gasteiger partial charge is 0.465 e. The molecule has 162 valence electrons. The Morgan fingerprint density at radius 2 is 1.52 bits per heavy atom. The van der Waals surface area contributed by atoms with Crippen LogP contribution < -0.4 is 9.44 Å². The monoisotopic (exact) mass is 480 g/mol. The molecule has 8 nitrogen and oxygen atoms in total. The highest BCUT2D eigenvalue weighted by atomic mass is 35.5. The van der Waals surface area contributed by atoms with Crippen LogP contribution in [0.1, 0.15) is 11.5 Å². The van der Waals surface area contributed by atoms with Gasteiger partial charge in [0.2, 0.25) is 5.09 Å². The fourth-order valence-corrected chi connectivity index (χ4v) is 5.58. The van der Waals surface area contributed by atoms with Gasteiger partial charge in [0.05, 0.1) is 11.4 Å². The molecule has 0 aliphatic carbocycles. The summed E-state index contributed by atoms with van der Waals surface area (Å²) in [6.07, 6.45) is 0. The van der Waals surface area contributed by atoms with Crippen LogP contribution in [0.4, 0.5) is 11.4 Å². The van der Waals surface area contributed by atoms with Gasteiger partial charge in [-0.15, -0.1) is 0 Å². The predicted molar refractivity (Wildman–Crippen MR) is 117 cm³/mol. The van der Waals surface area contributed by atoms with Gasteiger partial charge >= 0.3 is 0 Å². The number of hydrogen-bond acceptors (Lipinski definition) is 6. The minimum Gasteiger partial charge on any atom is -0.465 e. The van der Waals surface area contributed by atoms with Gasteiger partial charge in [0.25, 0.3) is 20.0 Å². The number of para-hydroxylation sites is 1. The Morgan fingerprint density at radius 3 is 2.19 bits per heavy atom. The summed E-state index contributed by atoms with van der Waals surface area (Å²) < 4.78 is 66.9. The molecule has 0 aliphatic heterocycles. The summed E-state index contributed by atoms with van der Waals surface area (Å²) in [5.41, 5.74) is 0.331. The molecule has 0 fully saturated rings. The van der Waals surface area contributed by atoms with Crippen molar-refractivity contribution in [3.63, 3.8) is 0 Å². The first-order valence-corrected chi connectivity index (χ1v) is 12.3. The third-order valence-electron chi connectivity index (χ3n) is 4.42. The van der Waals surface area contributed by atoms with E-state index >= 15 is 0 Å². The molecule has 0 amide bonds. The second-order valence-corrected chi connectivity index (χ2v) is 10.5. The lowest BCUT2D eigenvalue weighted by atomic mass is 10.3. The molecule has 31 heavy (non-hydrogen) atoms. The number of halogens is 1. The van der Waals surface area contributed by atoms with E-state index in [4.69, 9.17) is 20.4 Å². The standard InChI is InChI=1S/C20H17ClN2O6S2/c1-12-9-19(13(2)28-12)30(24,25)22-16-8-7-15(21)11-17(16)23-31(26,27)20-10-14-5-3-4-6-18(14)29-20/h3-11,22-23H,1-2H3. The molecule has 0 bridgehead atoms. The average Bonchev–Trinajstić information content (AvgIpc) is 3.27. The zero-order valence-corrected chi connectivity index (χ0v) is 18.7. The van der Waals surface area contributed by atoms with Gasteiger partial charge in [-0.2, -0.15) is 8.42 Å². The molecule has 0 saturated heterocycles. The third kappa shape index (κ3) is 4.27. The number of anilines is 2. The molecule has 2 aromatic carbocycles. The summed E-state index contributed by atoms with van der Waals surface area (Å²) in [6.45, 7) is 3.15. The van der Waals surface area contributed by atoms with E-state index < -0.39 is 20.0 Å². The number of benzene rings is 2. The normalized spacial score (nSPS) is 12.2. The van der Waals surface area contributed by atoms with Crippen LogP contribution in [0.25, 0.3) is 11.0 Å². The van der Waals surface area contributed by atoms with E-state index in [-0.39, 0.29) is 32.1 Å². The number of aryl methyl sites for hydroxylation is 2. The van der Waals surface area contributed by atoms with Crippen LogP contribution >= 0.6 is 11.6 Å². The van der Waals surface area contributed by atoms with E-state index in [9.17, 15) is 16.8 Å². The van der Waals surface area contributed by atoms with Gasteiger partial charge in [0.15, 0.2) is 0 Å².